The van der Waals surface area contributed by atoms with Gasteiger partial charge in [-0.25, -0.2) is 4.79 Å². The molecule has 1 aromatic carbocycles. The standard InChI is InChI=1S/C27H34N4O5/c1-8-17(3)30(14-25(32)28-23-11-9-10-16(2)20(23)6)26(33)15-35-27(34)22-12-18(4)31(21(22)7)24-13-19(5)36-29-24/h9-13,17H,8,14-15H2,1-7H3,(H,28,32)/t17-/m0/s1. The molecule has 2 aromatic heterocycles. The van der Waals surface area contributed by atoms with Gasteiger partial charge in [-0.1, -0.05) is 24.2 Å². The summed E-state index contributed by atoms with van der Waals surface area (Å²) < 4.78 is 12.3. The smallest absolute Gasteiger partial charge is 0.340 e. The second-order valence-electron chi connectivity index (χ2n) is 9.07. The fraction of sp³-hybridized carbons (Fsp3) is 0.407. The van der Waals surface area contributed by atoms with Crippen molar-refractivity contribution in [1.29, 1.82) is 0 Å². The number of hydrogen-bond acceptors (Lipinski definition) is 6. The molecular formula is C27H34N4O5. The van der Waals surface area contributed by atoms with Gasteiger partial charge in [0.2, 0.25) is 5.91 Å². The number of ether oxygens (including phenoxy) is 1. The number of nitrogens with one attached hydrogen (secondary N) is 1. The lowest BCUT2D eigenvalue weighted by Crippen LogP contribution is -2.45. The minimum absolute atomic E-state index is 0.140. The van der Waals surface area contributed by atoms with Gasteiger partial charge in [-0.3, -0.25) is 14.2 Å². The first kappa shape index (κ1) is 26.7. The number of benzene rings is 1. The molecule has 3 rings (SSSR count). The van der Waals surface area contributed by atoms with Gasteiger partial charge in [-0.05, 0) is 71.2 Å². The Labute approximate surface area is 211 Å². The van der Waals surface area contributed by atoms with Crippen LogP contribution >= 0.6 is 0 Å². The quantitative estimate of drug-likeness (QED) is 0.441. The van der Waals surface area contributed by atoms with Crippen LogP contribution in [-0.4, -0.2) is 51.6 Å². The van der Waals surface area contributed by atoms with Crippen LogP contribution in [0.25, 0.3) is 5.82 Å². The average molecular weight is 495 g/mol. The van der Waals surface area contributed by atoms with Gasteiger partial charge in [0, 0.05) is 29.2 Å². The maximum atomic E-state index is 13.0. The highest BCUT2D eigenvalue weighted by Crippen LogP contribution is 2.22. The fourth-order valence-corrected chi connectivity index (χ4v) is 4.01. The molecule has 0 aliphatic heterocycles. The Hall–Kier alpha value is -3.88. The van der Waals surface area contributed by atoms with Crippen molar-refractivity contribution in [3.05, 3.63) is 64.2 Å². The molecular weight excluding hydrogens is 460 g/mol. The molecule has 9 heteroatoms. The van der Waals surface area contributed by atoms with E-state index in [1.807, 2.05) is 52.8 Å². The van der Waals surface area contributed by atoms with Crippen LogP contribution in [0.2, 0.25) is 0 Å². The molecule has 0 unspecified atom stereocenters. The largest absolute Gasteiger partial charge is 0.452 e. The summed E-state index contributed by atoms with van der Waals surface area (Å²) in [6.07, 6.45) is 0.648. The molecule has 36 heavy (non-hydrogen) atoms. The van der Waals surface area contributed by atoms with Crippen molar-refractivity contribution in [3.8, 4) is 5.82 Å². The first-order chi connectivity index (χ1) is 17.0. The summed E-state index contributed by atoms with van der Waals surface area (Å²) >= 11 is 0. The molecule has 2 amide bonds. The number of carbonyl (C=O) groups is 3. The summed E-state index contributed by atoms with van der Waals surface area (Å²) in [5.41, 5.74) is 4.49. The number of aromatic nitrogens is 2. The highest BCUT2D eigenvalue weighted by molar-refractivity contribution is 5.96. The summed E-state index contributed by atoms with van der Waals surface area (Å²) in [5.74, 6) is -0.147. The van der Waals surface area contributed by atoms with Crippen molar-refractivity contribution >= 4 is 23.5 Å². The summed E-state index contributed by atoms with van der Waals surface area (Å²) in [6, 6.07) is 8.92. The summed E-state index contributed by atoms with van der Waals surface area (Å²) in [7, 11) is 0. The van der Waals surface area contributed by atoms with Crippen LogP contribution in [0.15, 0.2) is 34.9 Å². The second kappa shape index (κ2) is 11.2. The van der Waals surface area contributed by atoms with E-state index in [4.69, 9.17) is 9.26 Å². The Kier molecular flexibility index (Phi) is 8.34. The molecule has 0 fully saturated rings. The van der Waals surface area contributed by atoms with E-state index in [9.17, 15) is 14.4 Å². The zero-order valence-corrected chi connectivity index (χ0v) is 22.0. The number of anilines is 1. The Balaban J connectivity index is 1.68. The molecule has 3 aromatic rings. The van der Waals surface area contributed by atoms with Crippen molar-refractivity contribution in [1.82, 2.24) is 14.6 Å². The van der Waals surface area contributed by atoms with Crippen molar-refractivity contribution in [2.45, 2.75) is 60.9 Å². The average Bonchev–Trinajstić information content (AvgIpc) is 3.39. The number of carbonyl (C=O) groups excluding carboxylic acids is 3. The Morgan fingerprint density at radius 1 is 1.14 bits per heavy atom. The predicted molar refractivity (Wildman–Crippen MR) is 136 cm³/mol. The van der Waals surface area contributed by atoms with E-state index >= 15 is 0 Å². The monoisotopic (exact) mass is 494 g/mol. The third-order valence-electron chi connectivity index (χ3n) is 6.46. The van der Waals surface area contributed by atoms with Crippen molar-refractivity contribution in [2.75, 3.05) is 18.5 Å². The van der Waals surface area contributed by atoms with E-state index in [-0.39, 0.29) is 18.5 Å². The lowest BCUT2D eigenvalue weighted by atomic mass is 10.1. The molecule has 0 bridgehead atoms. The molecule has 1 atom stereocenters. The van der Waals surface area contributed by atoms with Crippen LogP contribution in [0.5, 0.6) is 0 Å². The maximum Gasteiger partial charge on any atom is 0.340 e. The van der Waals surface area contributed by atoms with Crippen LogP contribution < -0.4 is 5.32 Å². The van der Waals surface area contributed by atoms with Gasteiger partial charge < -0.3 is 19.5 Å². The van der Waals surface area contributed by atoms with E-state index < -0.39 is 18.5 Å². The zero-order valence-electron chi connectivity index (χ0n) is 22.0. The molecule has 0 spiro atoms. The van der Waals surface area contributed by atoms with Crippen molar-refractivity contribution in [2.24, 2.45) is 0 Å². The number of aryl methyl sites for hydroxylation is 3. The SMILES string of the molecule is CC[C@H](C)N(CC(=O)Nc1cccc(C)c1C)C(=O)COC(=O)c1cc(C)n(-c2cc(C)on2)c1C. The number of nitrogens with zero attached hydrogens (tertiary/aromatic N) is 3. The number of hydrogen-bond donors (Lipinski definition) is 1. The normalized spacial score (nSPS) is 11.8. The van der Waals surface area contributed by atoms with Crippen LogP contribution in [-0.2, 0) is 14.3 Å². The lowest BCUT2D eigenvalue weighted by molar-refractivity contribution is -0.139. The molecule has 0 radical (unpaired) electrons. The van der Waals surface area contributed by atoms with Crippen LogP contribution in [0.4, 0.5) is 5.69 Å². The van der Waals surface area contributed by atoms with E-state index in [0.717, 1.165) is 16.8 Å². The van der Waals surface area contributed by atoms with Gasteiger partial charge in [0.15, 0.2) is 12.4 Å². The van der Waals surface area contributed by atoms with E-state index in [2.05, 4.69) is 10.5 Å². The molecule has 2 heterocycles. The molecule has 0 aliphatic rings. The van der Waals surface area contributed by atoms with Gasteiger partial charge in [0.1, 0.15) is 12.3 Å². The molecule has 0 saturated carbocycles. The van der Waals surface area contributed by atoms with Crippen molar-refractivity contribution < 1.29 is 23.6 Å². The molecule has 0 saturated heterocycles. The predicted octanol–water partition coefficient (Wildman–Crippen LogP) is 4.43. The topological polar surface area (TPSA) is 107 Å². The Morgan fingerprint density at radius 3 is 2.50 bits per heavy atom. The zero-order chi connectivity index (χ0) is 26.6. The van der Waals surface area contributed by atoms with Crippen LogP contribution in [0.3, 0.4) is 0 Å². The molecule has 192 valence electrons. The first-order valence-corrected chi connectivity index (χ1v) is 12.0. The van der Waals surface area contributed by atoms with Gasteiger partial charge in [-0.15, -0.1) is 0 Å². The Morgan fingerprint density at radius 2 is 1.86 bits per heavy atom. The summed E-state index contributed by atoms with van der Waals surface area (Å²) in [4.78, 5) is 40.1. The van der Waals surface area contributed by atoms with E-state index in [1.54, 1.807) is 30.5 Å². The number of amides is 2. The van der Waals surface area contributed by atoms with Crippen LogP contribution in [0, 0.1) is 34.6 Å². The van der Waals surface area contributed by atoms with Gasteiger partial charge in [0.25, 0.3) is 5.91 Å². The Bertz CT molecular complexity index is 1270. The van der Waals surface area contributed by atoms with Gasteiger partial charge >= 0.3 is 5.97 Å². The highest BCUT2D eigenvalue weighted by atomic mass is 16.5. The summed E-state index contributed by atoms with van der Waals surface area (Å²) in [6.45, 7) is 12.5. The molecule has 0 aliphatic carbocycles. The third kappa shape index (κ3) is 5.84. The minimum atomic E-state index is -0.619. The highest BCUT2D eigenvalue weighted by Gasteiger charge is 2.25. The van der Waals surface area contributed by atoms with E-state index in [1.165, 1.54) is 4.90 Å². The lowest BCUT2D eigenvalue weighted by Gasteiger charge is -2.28. The van der Waals surface area contributed by atoms with E-state index in [0.29, 0.717) is 34.9 Å². The maximum absolute atomic E-state index is 13.0. The van der Waals surface area contributed by atoms with Crippen molar-refractivity contribution in [3.63, 3.8) is 0 Å². The van der Waals surface area contributed by atoms with Gasteiger partial charge in [0.05, 0.1) is 5.56 Å². The van der Waals surface area contributed by atoms with Gasteiger partial charge in [-0.2, -0.15) is 0 Å². The van der Waals surface area contributed by atoms with Crippen LogP contribution in [0.1, 0.15) is 58.9 Å². The number of esters is 1. The molecule has 1 N–H and O–H groups in total. The summed E-state index contributed by atoms with van der Waals surface area (Å²) in [5, 5.41) is 6.89. The second-order valence-corrected chi connectivity index (χ2v) is 9.07. The third-order valence-corrected chi connectivity index (χ3v) is 6.46. The minimum Gasteiger partial charge on any atom is -0.452 e. The fourth-order valence-electron chi connectivity index (χ4n) is 4.01. The molecule has 9 nitrogen and oxygen atoms in total. The first-order valence-electron chi connectivity index (χ1n) is 12.0. The number of rotatable bonds is 9.